The number of terminal acetylenes is 1. The maximum Gasteiger partial charge on any atom is 0.333 e. The number of rotatable bonds is 12. The van der Waals surface area contributed by atoms with Gasteiger partial charge in [0.05, 0.1) is 6.54 Å². The highest BCUT2D eigenvalue weighted by molar-refractivity contribution is 7.51. The van der Waals surface area contributed by atoms with Crippen LogP contribution in [-0.2, 0) is 37.0 Å². The fourth-order valence-electron chi connectivity index (χ4n) is 5.94. The van der Waals surface area contributed by atoms with Crippen LogP contribution < -0.4 is 11.2 Å². The van der Waals surface area contributed by atoms with Crippen LogP contribution in [0.3, 0.4) is 0 Å². The van der Waals surface area contributed by atoms with Gasteiger partial charge in [-0.05, 0) is 54.7 Å². The van der Waals surface area contributed by atoms with Gasteiger partial charge in [-0.25, -0.2) is 14.3 Å². The molecule has 1 saturated carbocycles. The predicted molar refractivity (Wildman–Crippen MR) is 164 cm³/mol. The molecule has 0 bridgehead atoms. The highest BCUT2D eigenvalue weighted by atomic mass is 31.2. The van der Waals surface area contributed by atoms with E-state index in [0.717, 1.165) is 52.8 Å². The van der Waals surface area contributed by atoms with Crippen LogP contribution >= 0.6 is 7.60 Å². The van der Waals surface area contributed by atoms with Gasteiger partial charge in [-0.2, -0.15) is 0 Å². The van der Waals surface area contributed by atoms with Crippen molar-refractivity contribution in [1.82, 2.24) is 18.7 Å². The molecule has 1 aliphatic carbocycles. The summed E-state index contributed by atoms with van der Waals surface area (Å²) in [6, 6.07) is 18.7. The molecule has 0 aliphatic heterocycles. The van der Waals surface area contributed by atoms with Crippen molar-refractivity contribution in [1.29, 1.82) is 0 Å². The Kier molecular flexibility index (Phi) is 9.27. The van der Waals surface area contributed by atoms with Gasteiger partial charge in [0.2, 0.25) is 0 Å². The molecule has 5 rings (SSSR count). The highest BCUT2D eigenvalue weighted by Crippen LogP contribution is 2.35. The summed E-state index contributed by atoms with van der Waals surface area (Å²) in [5, 5.41) is 0. The molecule has 220 valence electrons. The molecule has 9 nitrogen and oxygen atoms in total. The molecular formula is C32H37N4O5P. The topological polar surface area (TPSA) is 119 Å². The Bertz CT molecular complexity index is 1740. The smallest absolute Gasteiger partial charge is 0.324 e. The first-order chi connectivity index (χ1) is 20.2. The van der Waals surface area contributed by atoms with Crippen molar-refractivity contribution in [2.45, 2.75) is 71.0 Å². The minimum absolute atomic E-state index is 0.159. The SMILES string of the molecule is C#CCn1c(=O)c2c(nc(CCc3ccc(-c4ccccc4)cc3)n2CC2CCCC2)n(CCCCP(=O)(O)O)c1=O. The van der Waals surface area contributed by atoms with Crippen LogP contribution in [0.5, 0.6) is 0 Å². The Morgan fingerprint density at radius 1 is 0.905 bits per heavy atom. The number of hydrogen-bond acceptors (Lipinski definition) is 4. The van der Waals surface area contributed by atoms with Crippen molar-refractivity contribution >= 4 is 18.8 Å². The molecule has 2 heterocycles. The van der Waals surface area contributed by atoms with E-state index in [1.807, 2.05) is 22.8 Å². The van der Waals surface area contributed by atoms with E-state index in [1.165, 1.54) is 4.57 Å². The highest BCUT2D eigenvalue weighted by Gasteiger charge is 2.25. The van der Waals surface area contributed by atoms with Gasteiger partial charge in [-0.1, -0.05) is 73.4 Å². The van der Waals surface area contributed by atoms with Gasteiger partial charge >= 0.3 is 13.3 Å². The maximum atomic E-state index is 13.7. The van der Waals surface area contributed by atoms with Crippen LogP contribution in [0.1, 0.15) is 49.9 Å². The lowest BCUT2D eigenvalue weighted by Crippen LogP contribution is -2.40. The molecule has 42 heavy (non-hydrogen) atoms. The summed E-state index contributed by atoms with van der Waals surface area (Å²) in [4.78, 5) is 50.5. The third kappa shape index (κ3) is 6.84. The van der Waals surface area contributed by atoms with Crippen LogP contribution in [-0.4, -0.2) is 34.6 Å². The maximum absolute atomic E-state index is 13.7. The van der Waals surface area contributed by atoms with E-state index in [-0.39, 0.29) is 25.7 Å². The second-order valence-electron chi connectivity index (χ2n) is 11.1. The fraction of sp³-hybridized carbons (Fsp3) is 0.406. The number of benzene rings is 2. The molecule has 2 aromatic heterocycles. The second kappa shape index (κ2) is 13.1. The molecule has 10 heteroatoms. The monoisotopic (exact) mass is 588 g/mol. The van der Waals surface area contributed by atoms with Crippen LogP contribution in [0.25, 0.3) is 22.3 Å². The molecule has 1 fully saturated rings. The molecule has 4 aromatic rings. The molecular weight excluding hydrogens is 551 g/mol. The van der Waals surface area contributed by atoms with Crippen molar-refractivity contribution in [2.24, 2.45) is 5.92 Å². The minimum Gasteiger partial charge on any atom is -0.324 e. The minimum atomic E-state index is -4.14. The summed E-state index contributed by atoms with van der Waals surface area (Å²) >= 11 is 0. The Balaban J connectivity index is 1.50. The first kappa shape index (κ1) is 29.8. The number of fused-ring (bicyclic) bond motifs is 1. The molecule has 0 spiro atoms. The summed E-state index contributed by atoms with van der Waals surface area (Å²) in [6.45, 7) is 0.676. The number of hydrogen-bond donors (Lipinski definition) is 2. The van der Waals surface area contributed by atoms with Gasteiger partial charge in [0.1, 0.15) is 5.82 Å². The van der Waals surface area contributed by atoms with E-state index in [0.29, 0.717) is 42.9 Å². The fourth-order valence-corrected chi connectivity index (χ4v) is 6.58. The molecule has 2 N–H and O–H groups in total. The van der Waals surface area contributed by atoms with Crippen LogP contribution in [0.15, 0.2) is 64.2 Å². The molecule has 0 atom stereocenters. The number of imidazole rings is 1. The first-order valence-electron chi connectivity index (χ1n) is 14.6. The lowest BCUT2D eigenvalue weighted by atomic mass is 10.0. The van der Waals surface area contributed by atoms with Gasteiger partial charge in [0.15, 0.2) is 11.2 Å². The third-order valence-corrected chi connectivity index (χ3v) is 9.04. The first-order valence-corrected chi connectivity index (χ1v) is 16.4. The van der Waals surface area contributed by atoms with E-state index in [2.05, 4.69) is 42.3 Å². The van der Waals surface area contributed by atoms with Crippen LogP contribution in [0.4, 0.5) is 0 Å². The van der Waals surface area contributed by atoms with Crippen molar-refractivity contribution in [3.05, 3.63) is 86.8 Å². The van der Waals surface area contributed by atoms with Crippen LogP contribution in [0, 0.1) is 18.3 Å². The predicted octanol–water partition coefficient (Wildman–Crippen LogP) is 4.59. The second-order valence-corrected chi connectivity index (χ2v) is 12.9. The number of unbranched alkanes of at least 4 members (excludes halogenated alkanes) is 1. The standard InChI is InChI=1S/C32H37N4O5P/c1-2-20-35-31(37)29-30(34(32(35)38)21-8-9-22-42(39,40)41)33-28(36(29)23-25-10-6-7-11-25)19-16-24-14-17-27(18-15-24)26-12-4-3-5-13-26/h1,3-5,12-15,17-18,25H,6-11,16,19-23H2,(H2,39,40,41). The van der Waals surface area contributed by atoms with Crippen molar-refractivity contribution in [2.75, 3.05) is 6.16 Å². The quantitative estimate of drug-likeness (QED) is 0.142. The Hall–Kier alpha value is -3.70. The molecule has 0 radical (unpaired) electrons. The number of aromatic nitrogens is 4. The van der Waals surface area contributed by atoms with Gasteiger partial charge in [-0.3, -0.25) is 13.9 Å². The van der Waals surface area contributed by atoms with E-state index < -0.39 is 18.8 Å². The van der Waals surface area contributed by atoms with E-state index in [1.54, 1.807) is 0 Å². The average molecular weight is 589 g/mol. The zero-order valence-electron chi connectivity index (χ0n) is 23.7. The summed E-state index contributed by atoms with van der Waals surface area (Å²) in [5.41, 5.74) is 3.16. The van der Waals surface area contributed by atoms with Gasteiger partial charge in [-0.15, -0.1) is 6.42 Å². The zero-order chi connectivity index (χ0) is 29.7. The molecule has 2 aromatic carbocycles. The molecule has 0 amide bonds. The lowest BCUT2D eigenvalue weighted by molar-refractivity contribution is 0.370. The third-order valence-electron chi connectivity index (χ3n) is 8.14. The summed E-state index contributed by atoms with van der Waals surface area (Å²) in [7, 11) is -4.14. The Morgan fingerprint density at radius 2 is 1.60 bits per heavy atom. The van der Waals surface area contributed by atoms with Gasteiger partial charge in [0.25, 0.3) is 5.56 Å². The number of aryl methyl sites for hydroxylation is 3. The largest absolute Gasteiger partial charge is 0.333 e. The van der Waals surface area contributed by atoms with E-state index >= 15 is 0 Å². The average Bonchev–Trinajstić information content (AvgIpc) is 3.62. The number of nitrogens with zero attached hydrogens (tertiary/aromatic N) is 4. The van der Waals surface area contributed by atoms with Crippen LogP contribution in [0.2, 0.25) is 0 Å². The zero-order valence-corrected chi connectivity index (χ0v) is 24.6. The van der Waals surface area contributed by atoms with Gasteiger partial charge in [0, 0.05) is 25.7 Å². The Morgan fingerprint density at radius 3 is 2.26 bits per heavy atom. The summed E-state index contributed by atoms with van der Waals surface area (Å²) in [6.07, 6.45) is 11.6. The molecule has 0 saturated heterocycles. The molecule has 0 unspecified atom stereocenters. The van der Waals surface area contributed by atoms with Crippen molar-refractivity contribution in [3.8, 4) is 23.5 Å². The van der Waals surface area contributed by atoms with Crippen molar-refractivity contribution in [3.63, 3.8) is 0 Å². The normalized spacial score (nSPS) is 14.0. The summed E-state index contributed by atoms with van der Waals surface area (Å²) in [5.74, 6) is 3.60. The van der Waals surface area contributed by atoms with Crippen molar-refractivity contribution < 1.29 is 14.4 Å². The van der Waals surface area contributed by atoms with E-state index in [4.69, 9.17) is 11.4 Å². The van der Waals surface area contributed by atoms with E-state index in [9.17, 15) is 23.9 Å². The Labute approximate surface area is 245 Å². The van der Waals surface area contributed by atoms with Gasteiger partial charge < -0.3 is 14.4 Å². The lowest BCUT2D eigenvalue weighted by Gasteiger charge is -2.15. The summed E-state index contributed by atoms with van der Waals surface area (Å²) < 4.78 is 15.9. The molecule has 1 aliphatic rings.